The summed E-state index contributed by atoms with van der Waals surface area (Å²) in [7, 11) is 2.77. The number of hydrogen-bond acceptors (Lipinski definition) is 18. The first-order chi connectivity index (χ1) is 43.8. The number of alkyl halides is 9. The van der Waals surface area contributed by atoms with Crippen LogP contribution >= 0.6 is 46.7 Å². The smallest absolute Gasteiger partial charge is 0.475 e. The summed E-state index contributed by atoms with van der Waals surface area (Å²) in [5.41, 5.74) is -7.06. The number of rotatable bonds is 17. The molecule has 2 aliphatic rings. The van der Waals surface area contributed by atoms with E-state index in [9.17, 15) is 96.2 Å². The molecule has 2 saturated heterocycles. The molecule has 0 aliphatic carbocycles. The molecule has 6 rings (SSSR count). The van der Waals surface area contributed by atoms with Gasteiger partial charge in [0.15, 0.2) is 10.3 Å². The Morgan fingerprint density at radius 1 is 0.611 bits per heavy atom. The molecule has 41 heteroatoms. The Balaban J connectivity index is 0.000000397. The molecule has 25 nitrogen and oxygen atoms in total. The Morgan fingerprint density at radius 2 is 0.937 bits per heavy atom. The number of esters is 2. The molecule has 2 aromatic heterocycles. The fourth-order valence-corrected chi connectivity index (χ4v) is 15.6. The van der Waals surface area contributed by atoms with Gasteiger partial charge in [0.25, 0.3) is 11.1 Å². The van der Waals surface area contributed by atoms with Gasteiger partial charge < -0.3 is 19.9 Å². The minimum atomic E-state index is -5.08. The first-order valence-corrected chi connectivity index (χ1v) is 31.6. The second-order valence-electron chi connectivity index (χ2n) is 20.4. The van der Waals surface area contributed by atoms with Crippen molar-refractivity contribution in [1.29, 1.82) is 0 Å². The maximum absolute atomic E-state index is 14.9. The van der Waals surface area contributed by atoms with Crippen LogP contribution in [0.4, 0.5) is 59.7 Å². The summed E-state index contributed by atoms with van der Waals surface area (Å²) >= 11 is 13.7. The molecular weight excluding hydrogens is 1400 g/mol. The predicted octanol–water partition coefficient (Wildman–Crippen LogP) is 8.06. The fourth-order valence-electron chi connectivity index (χ4n) is 8.91. The average molecular weight is 1460 g/mol. The molecule has 2 fully saturated rings. The van der Waals surface area contributed by atoms with E-state index >= 15 is 0 Å². The number of ether oxygens (including phenoxy) is 2. The minimum absolute atomic E-state index is 0.0131. The number of carbonyl (C=O) groups excluding carboxylic acids is 6. The Bertz CT molecular complexity index is 3640. The molecule has 2 aromatic carbocycles. The van der Waals surface area contributed by atoms with Gasteiger partial charge in [-0.2, -0.15) is 39.5 Å². The van der Waals surface area contributed by atoms with E-state index in [-0.39, 0.29) is 90.6 Å². The highest BCUT2D eigenvalue weighted by Crippen LogP contribution is 2.38. The maximum Gasteiger partial charge on any atom is 0.490 e. The van der Waals surface area contributed by atoms with Crippen molar-refractivity contribution in [2.24, 2.45) is 24.1 Å². The lowest BCUT2D eigenvalue weighted by Gasteiger charge is -2.26. The van der Waals surface area contributed by atoms with E-state index in [2.05, 4.69) is 56.8 Å². The third kappa shape index (κ3) is 21.6. The van der Waals surface area contributed by atoms with E-state index in [1.54, 1.807) is 6.92 Å². The molecule has 2 unspecified atom stereocenters. The SMILES string of the molecule is CC(C)[Si](C(C)C)C(C)C.CCOC(=O)CN1C(=O)C(CC(=O)NC)SC1=Nc1cc(-n2c(=O)cc(C(F)(F)F)n(C)c2=O)c(F)cc1Cl.CCOC(=O)CN1C(=O)C(CC(=O)NO)SC1=Nc1cc(-n2c(=O)cc(C(F)(F)F)n(C)c2=O)c(F)cc1Cl.O=C(O)C(F)(F)F. The third-order valence-corrected chi connectivity index (χ3v) is 19.7. The zero-order valence-electron chi connectivity index (χ0n) is 51.6. The van der Waals surface area contributed by atoms with Crippen LogP contribution in [0.25, 0.3) is 11.4 Å². The molecule has 523 valence electrons. The number of amides is 4. The number of carboxylic acids is 1. The number of hydroxylamine groups is 1. The standard InChI is InChI=1S/C22H20ClF4N5O6S.C21H18ClF4N5O7S.C9H21Si.C2HF3O2/c1-4-38-18(35)9-31-19(36)14(7-16(33)28-2)39-20(31)29-12-6-13(11(24)5-10(12)23)32-17(34)8-15(22(25,26)27)30(3)21(32)37;1-3-38-17(34)8-30-18(35)13(6-15(32)28-37)39-19(30)27-11-5-12(10(23)4-9(11)22)31-16(33)7-14(21(24,25)26)29(2)20(31)36;1-7(2)10(8(3)4)9(5)6;3-2(4,5)1(6)7/h5-6,8,14H,4,7,9H2,1-3H3,(H,28,33);4-5,7,13,37H,3,6,8H2,1-2H3,(H,28,32);7-9H,1-6H3;(H,6,7). The molecule has 4 aromatic rings. The van der Waals surface area contributed by atoms with Crippen LogP contribution in [0.3, 0.4) is 0 Å². The lowest BCUT2D eigenvalue weighted by Crippen LogP contribution is -2.41. The first kappa shape index (κ1) is 81.4. The van der Waals surface area contributed by atoms with Crippen molar-refractivity contribution in [1.82, 2.24) is 38.9 Å². The largest absolute Gasteiger partial charge is 0.490 e. The van der Waals surface area contributed by atoms with Gasteiger partial charge in [0.05, 0.1) is 54.8 Å². The van der Waals surface area contributed by atoms with Gasteiger partial charge in [-0.3, -0.25) is 62.5 Å². The van der Waals surface area contributed by atoms with Gasteiger partial charge in [-0.15, -0.1) is 0 Å². The summed E-state index contributed by atoms with van der Waals surface area (Å²) in [6.07, 6.45) is -15.9. The van der Waals surface area contributed by atoms with Crippen molar-refractivity contribution in [3.8, 4) is 11.4 Å². The number of aromatic nitrogens is 4. The van der Waals surface area contributed by atoms with Crippen molar-refractivity contribution < 1.29 is 102 Å². The molecule has 2 atom stereocenters. The average Bonchev–Trinajstić information content (AvgIpc) is 1.38. The number of aliphatic imine (C=N–C) groups is 2. The Morgan fingerprint density at radius 3 is 1.20 bits per heavy atom. The number of aliphatic carboxylic acids is 1. The van der Waals surface area contributed by atoms with Crippen LogP contribution in [-0.2, 0) is 69.5 Å². The van der Waals surface area contributed by atoms with Gasteiger partial charge in [0.1, 0.15) is 46.6 Å². The molecule has 0 spiro atoms. The summed E-state index contributed by atoms with van der Waals surface area (Å²) in [5.74, 6) is -9.66. The van der Waals surface area contributed by atoms with E-state index in [0.29, 0.717) is 23.9 Å². The van der Waals surface area contributed by atoms with Crippen LogP contribution in [0.15, 0.2) is 65.6 Å². The molecule has 0 bridgehead atoms. The zero-order valence-corrected chi connectivity index (χ0v) is 55.7. The Hall–Kier alpha value is -7.88. The Kier molecular flexibility index (Phi) is 29.3. The molecule has 2 aliphatic heterocycles. The van der Waals surface area contributed by atoms with E-state index in [1.165, 1.54) is 19.5 Å². The topological polar surface area (TPSA) is 322 Å². The van der Waals surface area contributed by atoms with Crippen LogP contribution in [0, 0.1) is 11.6 Å². The van der Waals surface area contributed by atoms with Gasteiger partial charge in [-0.05, 0) is 38.1 Å². The van der Waals surface area contributed by atoms with Gasteiger partial charge in [0, 0.05) is 46.1 Å². The number of amidine groups is 2. The first-order valence-electron chi connectivity index (χ1n) is 27.3. The molecule has 4 amide bonds. The van der Waals surface area contributed by atoms with Gasteiger partial charge >= 0.3 is 47.8 Å². The number of nitrogens with one attached hydrogen (secondary N) is 2. The van der Waals surface area contributed by atoms with Gasteiger partial charge in [0.2, 0.25) is 23.6 Å². The number of nitrogens with zero attached hydrogens (tertiary/aromatic N) is 8. The van der Waals surface area contributed by atoms with Crippen molar-refractivity contribution >= 4 is 119 Å². The van der Waals surface area contributed by atoms with Crippen LogP contribution < -0.4 is 33.3 Å². The monoisotopic (exact) mass is 1460 g/mol. The molecule has 1 radical (unpaired) electrons. The fraction of sp³-hybridized carbons (Fsp3) is 0.463. The van der Waals surface area contributed by atoms with Gasteiger partial charge in [-0.1, -0.05) is 105 Å². The van der Waals surface area contributed by atoms with E-state index in [1.807, 2.05) is 0 Å². The second kappa shape index (κ2) is 34.2. The number of carbonyl (C=O) groups is 7. The lowest BCUT2D eigenvalue weighted by molar-refractivity contribution is -0.192. The molecule has 4 N–H and O–H groups in total. The lowest BCUT2D eigenvalue weighted by atomic mass is 10.2. The van der Waals surface area contributed by atoms with Crippen molar-refractivity contribution in [3.63, 3.8) is 0 Å². The van der Waals surface area contributed by atoms with E-state index < -0.39 is 147 Å². The van der Waals surface area contributed by atoms with Crippen molar-refractivity contribution in [2.75, 3.05) is 33.4 Å². The number of halogens is 13. The van der Waals surface area contributed by atoms with Crippen molar-refractivity contribution in [3.05, 3.63) is 111 Å². The van der Waals surface area contributed by atoms with Crippen LogP contribution in [0.1, 0.15) is 79.6 Å². The number of carboxylic acid groups (broad SMARTS) is 1. The summed E-state index contributed by atoms with van der Waals surface area (Å²) in [6, 6.07) is 3.20. The molecular formula is C54H60Cl2F11N10O15S2Si. The summed E-state index contributed by atoms with van der Waals surface area (Å²) in [6.45, 7) is 16.1. The highest BCUT2D eigenvalue weighted by Gasteiger charge is 2.43. The normalized spacial score (nSPS) is 15.8. The second-order valence-corrected chi connectivity index (χ2v) is 28.1. The summed E-state index contributed by atoms with van der Waals surface area (Å²) < 4.78 is 151. The predicted molar refractivity (Wildman–Crippen MR) is 326 cm³/mol. The Labute approximate surface area is 550 Å². The minimum Gasteiger partial charge on any atom is -0.475 e. The highest BCUT2D eigenvalue weighted by atomic mass is 35.5. The van der Waals surface area contributed by atoms with E-state index in [0.717, 1.165) is 64.4 Å². The van der Waals surface area contributed by atoms with Gasteiger partial charge in [-0.25, -0.2) is 47.8 Å². The molecule has 4 heterocycles. The molecule has 0 saturated carbocycles. The number of hydrogen-bond donors (Lipinski definition) is 4. The third-order valence-electron chi connectivity index (χ3n) is 12.8. The quantitative estimate of drug-likeness (QED) is 0.0255. The summed E-state index contributed by atoms with van der Waals surface area (Å²) in [4.78, 5) is 143. The van der Waals surface area contributed by atoms with Crippen LogP contribution in [0.5, 0.6) is 0 Å². The maximum atomic E-state index is 14.9. The van der Waals surface area contributed by atoms with Crippen LogP contribution in [0.2, 0.25) is 26.7 Å². The highest BCUT2D eigenvalue weighted by molar-refractivity contribution is 8.15. The summed E-state index contributed by atoms with van der Waals surface area (Å²) in [5, 5.41) is 15.1. The molecule has 95 heavy (non-hydrogen) atoms. The van der Waals surface area contributed by atoms with Crippen molar-refractivity contribution in [2.45, 2.75) is 114 Å². The number of benzene rings is 2. The zero-order chi connectivity index (χ0) is 72.8. The van der Waals surface area contributed by atoms with E-state index in [4.69, 9.17) is 47.8 Å². The van der Waals surface area contributed by atoms with Crippen LogP contribution in [-0.4, -0.2) is 149 Å². The number of thioether (sulfide) groups is 2.